The fourth-order valence-electron chi connectivity index (χ4n) is 3.82. The summed E-state index contributed by atoms with van der Waals surface area (Å²) < 4.78 is 27.3. The first-order chi connectivity index (χ1) is 14.4. The maximum absolute atomic E-state index is 13.6. The maximum atomic E-state index is 13.6. The van der Waals surface area contributed by atoms with Crippen LogP contribution in [0.1, 0.15) is 29.3 Å². The fraction of sp³-hybridized carbons (Fsp3) is 0.174. The Balaban J connectivity index is 1.97. The van der Waals surface area contributed by atoms with Crippen LogP contribution >= 0.6 is 0 Å². The van der Waals surface area contributed by atoms with E-state index in [1.165, 1.54) is 30.5 Å². The van der Waals surface area contributed by atoms with Crippen molar-refractivity contribution in [3.63, 3.8) is 0 Å². The Hall–Kier alpha value is -3.63. The van der Waals surface area contributed by atoms with Crippen molar-refractivity contribution < 1.29 is 13.9 Å². The molecular weight excluding hydrogens is 386 g/mol. The molecule has 7 heteroatoms. The molecule has 3 aromatic rings. The molecule has 2 aromatic carbocycles. The molecule has 1 aliphatic rings. The highest BCUT2D eigenvalue weighted by atomic mass is 19.1. The number of amidine groups is 1. The van der Waals surface area contributed by atoms with E-state index >= 15 is 0 Å². The van der Waals surface area contributed by atoms with Crippen molar-refractivity contribution in [2.45, 2.75) is 24.6 Å². The van der Waals surface area contributed by atoms with Gasteiger partial charge in [-0.3, -0.25) is 4.98 Å². The van der Waals surface area contributed by atoms with E-state index in [0.29, 0.717) is 28.2 Å². The van der Waals surface area contributed by atoms with Gasteiger partial charge in [0.25, 0.3) is 0 Å². The monoisotopic (exact) mass is 404 g/mol. The van der Waals surface area contributed by atoms with Crippen molar-refractivity contribution in [2.24, 2.45) is 4.99 Å². The van der Waals surface area contributed by atoms with Crippen LogP contribution < -0.4 is 5.32 Å². The molecule has 2 atom stereocenters. The maximum Gasteiger partial charge on any atom is 0.149 e. The molecule has 0 saturated carbocycles. The van der Waals surface area contributed by atoms with E-state index in [1.807, 2.05) is 0 Å². The summed E-state index contributed by atoms with van der Waals surface area (Å²) in [5.74, 6) is -0.424. The van der Waals surface area contributed by atoms with Crippen LogP contribution in [0, 0.1) is 23.0 Å². The molecule has 0 radical (unpaired) electrons. The molecule has 30 heavy (non-hydrogen) atoms. The van der Waals surface area contributed by atoms with Gasteiger partial charge in [-0.1, -0.05) is 24.3 Å². The lowest BCUT2D eigenvalue weighted by atomic mass is 9.76. The third kappa shape index (κ3) is 3.31. The lowest BCUT2D eigenvalue weighted by Crippen LogP contribution is -2.50. The number of aliphatic hydroxyl groups is 1. The average molecular weight is 404 g/mol. The lowest BCUT2D eigenvalue weighted by Gasteiger charge is -2.35. The Kier molecular flexibility index (Phi) is 5.02. The number of nitrogens with zero attached hydrogens (tertiary/aromatic N) is 3. The first kappa shape index (κ1) is 19.7. The first-order valence-electron chi connectivity index (χ1n) is 9.37. The molecule has 4 rings (SSSR count). The number of hydrogen-bond donors (Lipinski definition) is 2. The summed E-state index contributed by atoms with van der Waals surface area (Å²) in [6.07, 6.45) is 0.631. The average Bonchev–Trinajstić information content (AvgIpc) is 3.17. The normalized spacial score (nSPS) is 18.2. The Morgan fingerprint density at radius 3 is 2.10 bits per heavy atom. The van der Waals surface area contributed by atoms with Crippen LogP contribution in [-0.4, -0.2) is 28.1 Å². The Bertz CT molecular complexity index is 1090. The molecular formula is C23H18F2N4O. The molecule has 0 fully saturated rings. The summed E-state index contributed by atoms with van der Waals surface area (Å²) in [5, 5.41) is 23.1. The van der Waals surface area contributed by atoms with Gasteiger partial charge in [0.2, 0.25) is 0 Å². The number of benzene rings is 2. The van der Waals surface area contributed by atoms with Crippen molar-refractivity contribution in [1.29, 1.82) is 5.26 Å². The van der Waals surface area contributed by atoms with Gasteiger partial charge in [-0.25, -0.2) is 13.8 Å². The number of halogens is 2. The van der Waals surface area contributed by atoms with E-state index in [9.17, 15) is 19.1 Å². The summed E-state index contributed by atoms with van der Waals surface area (Å²) in [5.41, 5.74) is 0.945. The highest BCUT2D eigenvalue weighted by Crippen LogP contribution is 2.42. The molecule has 0 bridgehead atoms. The minimum atomic E-state index is -1.16. The summed E-state index contributed by atoms with van der Waals surface area (Å²) >= 11 is 0. The van der Waals surface area contributed by atoms with E-state index in [2.05, 4.69) is 16.4 Å². The summed E-state index contributed by atoms with van der Waals surface area (Å²) in [4.78, 5) is 9.19. The van der Waals surface area contributed by atoms with Gasteiger partial charge in [-0.05, 0) is 54.4 Å². The van der Waals surface area contributed by atoms with Crippen LogP contribution in [-0.2, 0) is 5.54 Å². The van der Waals surface area contributed by atoms with Gasteiger partial charge >= 0.3 is 0 Å². The minimum absolute atomic E-state index is 0.381. The van der Waals surface area contributed by atoms with E-state index < -0.39 is 29.3 Å². The fourth-order valence-corrected chi connectivity index (χ4v) is 3.82. The minimum Gasteiger partial charge on any atom is -0.391 e. The number of aliphatic hydroxyl groups excluding tert-OH is 1. The third-order valence-corrected chi connectivity index (χ3v) is 5.21. The van der Waals surface area contributed by atoms with Crippen LogP contribution in [0.2, 0.25) is 0 Å². The summed E-state index contributed by atoms with van der Waals surface area (Å²) in [7, 11) is 0. The molecule has 2 N–H and O–H groups in total. The number of nitrogens with one attached hydrogen (secondary N) is 1. The zero-order valence-corrected chi connectivity index (χ0v) is 16.1. The molecule has 2 heterocycles. The second-order valence-corrected chi connectivity index (χ2v) is 7.14. The number of nitriles is 1. The van der Waals surface area contributed by atoms with Gasteiger partial charge < -0.3 is 10.4 Å². The molecule has 5 nitrogen and oxygen atoms in total. The van der Waals surface area contributed by atoms with Gasteiger partial charge in [0.15, 0.2) is 0 Å². The van der Waals surface area contributed by atoms with Crippen LogP contribution in [0.4, 0.5) is 8.78 Å². The molecule has 0 aliphatic carbocycles. The van der Waals surface area contributed by atoms with E-state index in [4.69, 9.17) is 4.99 Å². The first-order valence-corrected chi connectivity index (χ1v) is 9.37. The van der Waals surface area contributed by atoms with Gasteiger partial charge in [-0.2, -0.15) is 5.26 Å². The smallest absolute Gasteiger partial charge is 0.149 e. The zero-order valence-electron chi connectivity index (χ0n) is 16.1. The van der Waals surface area contributed by atoms with E-state index in [0.717, 1.165) is 0 Å². The molecule has 150 valence electrons. The second-order valence-electron chi connectivity index (χ2n) is 7.14. The van der Waals surface area contributed by atoms with E-state index in [-0.39, 0.29) is 0 Å². The number of aromatic nitrogens is 1. The number of rotatable bonds is 4. The SMILES string of the molecule is CC(O)[C@@H]1NC(c2cc(C#N)ccn2)=NC1(c1ccc(F)cc1)c1ccc(F)cc1. The molecule has 1 aliphatic heterocycles. The Morgan fingerprint density at radius 2 is 1.60 bits per heavy atom. The summed E-state index contributed by atoms with van der Waals surface area (Å²) in [6.45, 7) is 1.62. The lowest BCUT2D eigenvalue weighted by molar-refractivity contribution is 0.129. The molecule has 1 unspecified atom stereocenters. The topological polar surface area (TPSA) is 81.3 Å². The predicted octanol–water partition coefficient (Wildman–Crippen LogP) is 3.27. The quantitative estimate of drug-likeness (QED) is 0.699. The van der Waals surface area contributed by atoms with E-state index in [1.54, 1.807) is 43.3 Å². The van der Waals surface area contributed by atoms with Crippen LogP contribution in [0.3, 0.4) is 0 Å². The van der Waals surface area contributed by atoms with Crippen LogP contribution in [0.25, 0.3) is 0 Å². The van der Waals surface area contributed by atoms with Crippen molar-refractivity contribution in [3.8, 4) is 6.07 Å². The standard InChI is InChI=1S/C23H18F2N4O/c1-14(30)21-23(16-2-6-18(24)7-3-16,17-4-8-19(25)9-5-17)29-22(28-21)20-12-15(13-26)10-11-27-20/h2-12,14,21,30H,1H3,(H,28,29)/t14?,21-/m0/s1. The molecule has 0 spiro atoms. The highest BCUT2D eigenvalue weighted by molar-refractivity contribution is 6.00. The molecule has 0 saturated heterocycles. The number of aliphatic imine (C=N–C) groups is 1. The Morgan fingerprint density at radius 1 is 1.03 bits per heavy atom. The van der Waals surface area contributed by atoms with Crippen molar-refractivity contribution >= 4 is 5.84 Å². The van der Waals surface area contributed by atoms with Crippen molar-refractivity contribution in [2.75, 3.05) is 0 Å². The van der Waals surface area contributed by atoms with Crippen molar-refractivity contribution in [1.82, 2.24) is 10.3 Å². The van der Waals surface area contributed by atoms with Gasteiger partial charge in [0, 0.05) is 6.20 Å². The molecule has 0 amide bonds. The van der Waals surface area contributed by atoms with Crippen molar-refractivity contribution in [3.05, 3.63) is 101 Å². The second kappa shape index (κ2) is 7.65. The zero-order chi connectivity index (χ0) is 21.3. The summed E-state index contributed by atoms with van der Waals surface area (Å²) in [6, 6.07) is 16.3. The van der Waals surface area contributed by atoms with Crippen LogP contribution in [0.15, 0.2) is 71.9 Å². The number of hydrogen-bond acceptors (Lipinski definition) is 5. The van der Waals surface area contributed by atoms with Gasteiger partial charge in [-0.15, -0.1) is 0 Å². The van der Waals surface area contributed by atoms with Crippen LogP contribution in [0.5, 0.6) is 0 Å². The van der Waals surface area contributed by atoms with Gasteiger partial charge in [0.1, 0.15) is 28.7 Å². The number of pyridine rings is 1. The third-order valence-electron chi connectivity index (χ3n) is 5.21. The molecule has 1 aromatic heterocycles. The Labute approximate surface area is 172 Å². The highest BCUT2D eigenvalue weighted by Gasteiger charge is 2.49. The predicted molar refractivity (Wildman–Crippen MR) is 108 cm³/mol. The largest absolute Gasteiger partial charge is 0.391 e. The van der Waals surface area contributed by atoms with Gasteiger partial charge in [0.05, 0.1) is 23.8 Å².